The molecule has 1 N–H and O–H groups in total. The molecule has 0 aliphatic rings. The van der Waals surface area contributed by atoms with E-state index in [1.807, 2.05) is 24.3 Å². The first-order valence-electron chi connectivity index (χ1n) is 6.40. The van der Waals surface area contributed by atoms with E-state index in [2.05, 4.69) is 15.3 Å². The highest BCUT2D eigenvalue weighted by atomic mass is 35.5. The number of thiazole rings is 2. The summed E-state index contributed by atoms with van der Waals surface area (Å²) in [6.45, 7) is 0. The first kappa shape index (κ1) is 13.6. The molecule has 4 aromatic rings. The molecule has 2 aromatic heterocycles. The quantitative estimate of drug-likeness (QED) is 0.567. The van der Waals surface area contributed by atoms with Gasteiger partial charge in [0.1, 0.15) is 5.52 Å². The number of carbonyl (C=O) groups is 1. The second kappa shape index (κ2) is 5.31. The molecule has 0 aliphatic heterocycles. The van der Waals surface area contributed by atoms with Crippen LogP contribution in [0.2, 0.25) is 5.02 Å². The fraction of sp³-hybridized carbons (Fsp3) is 0. The van der Waals surface area contributed by atoms with Crippen LogP contribution < -0.4 is 5.32 Å². The number of aromatic nitrogens is 2. The van der Waals surface area contributed by atoms with Crippen LogP contribution in [0.25, 0.3) is 20.4 Å². The summed E-state index contributed by atoms with van der Waals surface area (Å²) in [4.78, 5) is 20.9. The molecule has 0 spiro atoms. The Balaban J connectivity index is 1.66. The number of amides is 1. The second-order valence-electron chi connectivity index (χ2n) is 4.59. The van der Waals surface area contributed by atoms with Crippen molar-refractivity contribution in [2.75, 3.05) is 5.32 Å². The fourth-order valence-electron chi connectivity index (χ4n) is 2.13. The van der Waals surface area contributed by atoms with E-state index in [1.165, 1.54) is 22.7 Å². The first-order valence-corrected chi connectivity index (χ1v) is 8.48. The van der Waals surface area contributed by atoms with Crippen molar-refractivity contribution in [3.63, 3.8) is 0 Å². The van der Waals surface area contributed by atoms with E-state index >= 15 is 0 Å². The number of halogens is 1. The zero-order valence-corrected chi connectivity index (χ0v) is 13.4. The van der Waals surface area contributed by atoms with Crippen molar-refractivity contribution in [3.05, 3.63) is 52.5 Å². The van der Waals surface area contributed by atoms with Gasteiger partial charge in [-0.05, 0) is 30.3 Å². The van der Waals surface area contributed by atoms with Gasteiger partial charge in [-0.15, -0.1) is 11.3 Å². The highest BCUT2D eigenvalue weighted by molar-refractivity contribution is 7.22. The molecule has 22 heavy (non-hydrogen) atoms. The van der Waals surface area contributed by atoms with E-state index in [0.29, 0.717) is 21.2 Å². The summed E-state index contributed by atoms with van der Waals surface area (Å²) >= 11 is 9.01. The van der Waals surface area contributed by atoms with Crippen LogP contribution in [0, 0.1) is 0 Å². The summed E-state index contributed by atoms with van der Waals surface area (Å²) in [7, 11) is 0. The lowest BCUT2D eigenvalue weighted by Crippen LogP contribution is -2.11. The van der Waals surface area contributed by atoms with Crippen LogP contribution in [0.15, 0.2) is 41.9 Å². The predicted octanol–water partition coefficient (Wildman–Crippen LogP) is 4.81. The van der Waals surface area contributed by atoms with Gasteiger partial charge in [0.15, 0.2) is 5.13 Å². The topological polar surface area (TPSA) is 54.9 Å². The van der Waals surface area contributed by atoms with E-state index in [9.17, 15) is 4.79 Å². The maximum atomic E-state index is 12.3. The molecule has 1 amide bonds. The van der Waals surface area contributed by atoms with Crippen LogP contribution in [0.5, 0.6) is 0 Å². The molecule has 0 bridgehead atoms. The van der Waals surface area contributed by atoms with E-state index in [0.717, 1.165) is 14.9 Å². The Morgan fingerprint density at radius 1 is 1.18 bits per heavy atom. The van der Waals surface area contributed by atoms with Crippen molar-refractivity contribution in [2.24, 2.45) is 0 Å². The van der Waals surface area contributed by atoms with E-state index in [-0.39, 0.29) is 5.91 Å². The zero-order chi connectivity index (χ0) is 15.1. The fourth-order valence-corrected chi connectivity index (χ4v) is 4.01. The number of carbonyl (C=O) groups excluding carboxylic acids is 1. The first-order chi connectivity index (χ1) is 10.7. The van der Waals surface area contributed by atoms with Gasteiger partial charge in [-0.1, -0.05) is 29.0 Å². The van der Waals surface area contributed by atoms with Crippen molar-refractivity contribution in [3.8, 4) is 0 Å². The maximum absolute atomic E-state index is 12.3. The van der Waals surface area contributed by atoms with E-state index < -0.39 is 0 Å². The average Bonchev–Trinajstić information content (AvgIpc) is 3.13. The molecule has 2 aromatic carbocycles. The molecule has 0 atom stereocenters. The lowest BCUT2D eigenvalue weighted by molar-refractivity contribution is 0.102. The highest BCUT2D eigenvalue weighted by Gasteiger charge is 2.12. The summed E-state index contributed by atoms with van der Waals surface area (Å²) < 4.78 is 1.93. The molecule has 0 aliphatic carbocycles. The summed E-state index contributed by atoms with van der Waals surface area (Å²) in [6.07, 6.45) is 0. The summed E-state index contributed by atoms with van der Waals surface area (Å²) in [5.74, 6) is -0.189. The van der Waals surface area contributed by atoms with Crippen molar-refractivity contribution in [1.29, 1.82) is 0 Å². The molecule has 4 nitrogen and oxygen atoms in total. The van der Waals surface area contributed by atoms with Gasteiger partial charge < -0.3 is 0 Å². The lowest BCUT2D eigenvalue weighted by atomic mass is 10.2. The van der Waals surface area contributed by atoms with Crippen LogP contribution in [0.4, 0.5) is 5.13 Å². The summed E-state index contributed by atoms with van der Waals surface area (Å²) in [5.41, 5.74) is 3.96. The third-order valence-electron chi connectivity index (χ3n) is 3.18. The summed E-state index contributed by atoms with van der Waals surface area (Å²) in [6, 6.07) is 11.0. The molecule has 0 saturated carbocycles. The highest BCUT2D eigenvalue weighted by Crippen LogP contribution is 2.31. The summed E-state index contributed by atoms with van der Waals surface area (Å²) in [5, 5.41) is 3.95. The lowest BCUT2D eigenvalue weighted by Gasteiger charge is -2.01. The minimum absolute atomic E-state index is 0.189. The number of nitrogens with zero attached hydrogens (tertiary/aromatic N) is 2. The van der Waals surface area contributed by atoms with Crippen molar-refractivity contribution in [1.82, 2.24) is 9.97 Å². The molecule has 0 fully saturated rings. The van der Waals surface area contributed by atoms with Crippen molar-refractivity contribution >= 4 is 65.7 Å². The Bertz CT molecular complexity index is 1010. The van der Waals surface area contributed by atoms with Crippen LogP contribution in [-0.4, -0.2) is 15.9 Å². The molecule has 0 saturated heterocycles. The zero-order valence-electron chi connectivity index (χ0n) is 11.0. The monoisotopic (exact) mass is 345 g/mol. The SMILES string of the molecule is O=C(Nc1nc2c(Cl)cccc2s1)c1ccc2ncsc2c1. The smallest absolute Gasteiger partial charge is 0.257 e. The van der Waals surface area contributed by atoms with Gasteiger partial charge in [0, 0.05) is 5.56 Å². The molecule has 0 radical (unpaired) electrons. The van der Waals surface area contributed by atoms with Gasteiger partial charge in [0.05, 0.1) is 25.4 Å². The minimum atomic E-state index is -0.189. The number of benzene rings is 2. The molecular weight excluding hydrogens is 338 g/mol. The van der Waals surface area contributed by atoms with Crippen LogP contribution in [0.1, 0.15) is 10.4 Å². The van der Waals surface area contributed by atoms with Gasteiger partial charge >= 0.3 is 0 Å². The number of fused-ring (bicyclic) bond motifs is 2. The van der Waals surface area contributed by atoms with Crippen LogP contribution >= 0.6 is 34.3 Å². The Morgan fingerprint density at radius 3 is 2.95 bits per heavy atom. The van der Waals surface area contributed by atoms with Gasteiger partial charge in [-0.3, -0.25) is 10.1 Å². The molecular formula is C15H8ClN3OS2. The number of nitrogens with one attached hydrogen (secondary N) is 1. The average molecular weight is 346 g/mol. The molecule has 4 rings (SSSR count). The molecule has 0 unspecified atom stereocenters. The normalized spacial score (nSPS) is 11.1. The number of hydrogen-bond acceptors (Lipinski definition) is 5. The number of para-hydroxylation sites is 1. The largest absolute Gasteiger partial charge is 0.298 e. The third kappa shape index (κ3) is 2.35. The molecule has 108 valence electrons. The van der Waals surface area contributed by atoms with Gasteiger partial charge in [0.25, 0.3) is 5.91 Å². The standard InChI is InChI=1S/C15H8ClN3OS2/c16-9-2-1-3-11-13(9)18-15(22-11)19-14(20)8-4-5-10-12(6-8)21-7-17-10/h1-7H,(H,18,19,20). The van der Waals surface area contributed by atoms with E-state index in [1.54, 1.807) is 17.6 Å². The van der Waals surface area contributed by atoms with Gasteiger partial charge in [-0.25, -0.2) is 9.97 Å². The van der Waals surface area contributed by atoms with Crippen LogP contribution in [-0.2, 0) is 0 Å². The van der Waals surface area contributed by atoms with Crippen LogP contribution in [0.3, 0.4) is 0 Å². The number of hydrogen-bond donors (Lipinski definition) is 1. The minimum Gasteiger partial charge on any atom is -0.298 e. The predicted molar refractivity (Wildman–Crippen MR) is 92.2 cm³/mol. The maximum Gasteiger partial charge on any atom is 0.257 e. The Hall–Kier alpha value is -2.02. The number of rotatable bonds is 2. The molecule has 2 heterocycles. The third-order valence-corrected chi connectivity index (χ3v) is 5.22. The second-order valence-corrected chi connectivity index (χ2v) is 6.92. The van der Waals surface area contributed by atoms with Crippen molar-refractivity contribution in [2.45, 2.75) is 0 Å². The Morgan fingerprint density at radius 2 is 2.09 bits per heavy atom. The van der Waals surface area contributed by atoms with Crippen molar-refractivity contribution < 1.29 is 4.79 Å². The Kier molecular flexibility index (Phi) is 3.29. The number of anilines is 1. The van der Waals surface area contributed by atoms with Gasteiger partial charge in [0.2, 0.25) is 0 Å². The Labute approximate surface area is 138 Å². The van der Waals surface area contributed by atoms with E-state index in [4.69, 9.17) is 11.6 Å². The van der Waals surface area contributed by atoms with Gasteiger partial charge in [-0.2, -0.15) is 0 Å². The molecule has 7 heteroatoms.